The summed E-state index contributed by atoms with van der Waals surface area (Å²) in [7, 11) is -3.19. The number of hydrogen-bond donors (Lipinski definition) is 2. The lowest BCUT2D eigenvalue weighted by Gasteiger charge is -2.12. The fourth-order valence-electron chi connectivity index (χ4n) is 1.45. The van der Waals surface area contributed by atoms with Crippen LogP contribution in [0, 0.1) is 12.3 Å². The lowest BCUT2D eigenvalue weighted by Crippen LogP contribution is -2.22. The summed E-state index contributed by atoms with van der Waals surface area (Å²) in [6, 6.07) is 6.22. The molecule has 1 rings (SSSR count). The van der Waals surface area contributed by atoms with E-state index in [2.05, 4.69) is 11.2 Å². The summed E-state index contributed by atoms with van der Waals surface area (Å²) in [5.41, 5.74) is 0.676. The molecular weight excluding hydrogens is 250 g/mol. The number of aliphatic hydroxyl groups is 1. The largest absolute Gasteiger partial charge is 0.387 e. The highest BCUT2D eigenvalue weighted by Crippen LogP contribution is 2.15. The molecule has 5 heteroatoms. The molecule has 4 nitrogen and oxygen atoms in total. The minimum atomic E-state index is -3.19. The van der Waals surface area contributed by atoms with Crippen LogP contribution in [0.4, 0.5) is 0 Å². The van der Waals surface area contributed by atoms with Crippen LogP contribution in [0.25, 0.3) is 0 Å². The average molecular weight is 267 g/mol. The Morgan fingerprint density at radius 2 is 2.00 bits per heavy atom. The molecule has 0 saturated heterocycles. The van der Waals surface area contributed by atoms with Crippen LogP contribution < -0.4 is 5.32 Å². The van der Waals surface area contributed by atoms with Gasteiger partial charge in [0.1, 0.15) is 0 Å². The van der Waals surface area contributed by atoms with Crippen molar-refractivity contribution in [1.82, 2.24) is 5.32 Å². The summed E-state index contributed by atoms with van der Waals surface area (Å²) >= 11 is 0. The van der Waals surface area contributed by atoms with Gasteiger partial charge in [0.15, 0.2) is 9.84 Å². The third-order valence-corrected chi connectivity index (χ3v) is 3.61. The molecule has 0 spiro atoms. The molecule has 2 N–H and O–H groups in total. The van der Waals surface area contributed by atoms with Gasteiger partial charge in [0.25, 0.3) is 0 Å². The van der Waals surface area contributed by atoms with Gasteiger partial charge in [-0.05, 0) is 17.7 Å². The van der Waals surface area contributed by atoms with Crippen molar-refractivity contribution in [3.63, 3.8) is 0 Å². The Bertz CT molecular complexity index is 514. The summed E-state index contributed by atoms with van der Waals surface area (Å²) in [4.78, 5) is 0.249. The van der Waals surface area contributed by atoms with Gasteiger partial charge < -0.3 is 10.4 Å². The fraction of sp³-hybridized carbons (Fsp3) is 0.385. The van der Waals surface area contributed by atoms with Gasteiger partial charge in [0.05, 0.1) is 11.0 Å². The summed E-state index contributed by atoms with van der Waals surface area (Å²) < 4.78 is 22.5. The van der Waals surface area contributed by atoms with E-state index in [0.29, 0.717) is 25.1 Å². The second-order valence-corrected chi connectivity index (χ2v) is 6.03. The number of nitrogens with one attached hydrogen (secondary N) is 1. The van der Waals surface area contributed by atoms with Gasteiger partial charge >= 0.3 is 0 Å². The van der Waals surface area contributed by atoms with Gasteiger partial charge in [-0.25, -0.2) is 8.42 Å². The Balaban J connectivity index is 2.60. The summed E-state index contributed by atoms with van der Waals surface area (Å²) in [6.07, 6.45) is 6.20. The molecule has 1 unspecified atom stereocenters. The molecule has 1 aromatic carbocycles. The molecule has 98 valence electrons. The lowest BCUT2D eigenvalue weighted by molar-refractivity contribution is 0.175. The molecule has 0 amide bonds. The number of aliphatic hydroxyl groups excluding tert-OH is 1. The molecule has 0 aliphatic rings. The van der Waals surface area contributed by atoms with Crippen LogP contribution in [0.2, 0.25) is 0 Å². The number of hydrogen-bond acceptors (Lipinski definition) is 4. The van der Waals surface area contributed by atoms with Crippen LogP contribution >= 0.6 is 0 Å². The highest BCUT2D eigenvalue weighted by Gasteiger charge is 2.10. The van der Waals surface area contributed by atoms with Gasteiger partial charge in [0, 0.05) is 25.8 Å². The van der Waals surface area contributed by atoms with E-state index in [9.17, 15) is 13.5 Å². The molecule has 0 aromatic heterocycles. The molecule has 0 aliphatic carbocycles. The van der Waals surface area contributed by atoms with E-state index in [4.69, 9.17) is 6.42 Å². The van der Waals surface area contributed by atoms with E-state index < -0.39 is 15.9 Å². The lowest BCUT2D eigenvalue weighted by atomic mass is 10.1. The Labute approximate surface area is 108 Å². The molecule has 1 aromatic rings. The van der Waals surface area contributed by atoms with E-state index in [1.165, 1.54) is 12.1 Å². The zero-order chi connectivity index (χ0) is 13.6. The standard InChI is InChI=1S/C13H17NO3S/c1-3-4-9-14-10-13(15)11-5-7-12(8-6-11)18(2,16)17/h1,5-8,13-15H,4,9-10H2,2H3. The van der Waals surface area contributed by atoms with E-state index in [-0.39, 0.29) is 4.90 Å². The molecule has 0 fully saturated rings. The quantitative estimate of drug-likeness (QED) is 0.589. The van der Waals surface area contributed by atoms with Crippen molar-refractivity contribution in [3.8, 4) is 12.3 Å². The first-order chi connectivity index (χ1) is 8.45. The Kier molecular flexibility index (Phi) is 5.35. The Morgan fingerprint density at radius 3 is 2.50 bits per heavy atom. The molecule has 0 saturated carbocycles. The maximum Gasteiger partial charge on any atom is 0.175 e. The van der Waals surface area contributed by atoms with Gasteiger partial charge in [-0.15, -0.1) is 12.3 Å². The van der Waals surface area contributed by atoms with Crippen LogP contribution in [-0.2, 0) is 9.84 Å². The normalized spacial score (nSPS) is 12.9. The van der Waals surface area contributed by atoms with Crippen LogP contribution in [-0.4, -0.2) is 32.9 Å². The molecular formula is C13H17NO3S. The monoisotopic (exact) mass is 267 g/mol. The number of terminal acetylenes is 1. The highest BCUT2D eigenvalue weighted by atomic mass is 32.2. The summed E-state index contributed by atoms with van der Waals surface area (Å²) in [5, 5.41) is 12.9. The number of sulfone groups is 1. The molecule has 1 atom stereocenters. The van der Waals surface area contributed by atoms with Gasteiger partial charge in [-0.2, -0.15) is 0 Å². The van der Waals surface area contributed by atoms with Crippen LogP contribution in [0.15, 0.2) is 29.2 Å². The van der Waals surface area contributed by atoms with Gasteiger partial charge in [-0.3, -0.25) is 0 Å². The molecule has 0 aliphatic heterocycles. The Hall–Kier alpha value is -1.35. The van der Waals surface area contributed by atoms with E-state index in [1.54, 1.807) is 12.1 Å². The minimum absolute atomic E-state index is 0.249. The van der Waals surface area contributed by atoms with Crippen LogP contribution in [0.3, 0.4) is 0 Å². The second-order valence-electron chi connectivity index (χ2n) is 4.02. The highest BCUT2D eigenvalue weighted by molar-refractivity contribution is 7.90. The maximum absolute atomic E-state index is 11.3. The van der Waals surface area contributed by atoms with Crippen molar-refractivity contribution in [1.29, 1.82) is 0 Å². The van der Waals surface area contributed by atoms with E-state index in [0.717, 1.165) is 6.26 Å². The van der Waals surface area contributed by atoms with Crippen molar-refractivity contribution < 1.29 is 13.5 Å². The van der Waals surface area contributed by atoms with Crippen molar-refractivity contribution in [3.05, 3.63) is 29.8 Å². The molecule has 0 radical (unpaired) electrons. The molecule has 0 bridgehead atoms. The number of benzene rings is 1. The Morgan fingerprint density at radius 1 is 1.39 bits per heavy atom. The third kappa shape index (κ3) is 4.49. The number of rotatable bonds is 6. The first-order valence-electron chi connectivity index (χ1n) is 5.57. The topological polar surface area (TPSA) is 66.4 Å². The summed E-state index contributed by atoms with van der Waals surface area (Å²) in [5.74, 6) is 2.49. The predicted molar refractivity (Wildman–Crippen MR) is 70.8 cm³/mol. The van der Waals surface area contributed by atoms with Crippen molar-refractivity contribution in [2.24, 2.45) is 0 Å². The van der Waals surface area contributed by atoms with Crippen molar-refractivity contribution in [2.45, 2.75) is 17.4 Å². The SMILES string of the molecule is C#CCCNCC(O)c1ccc(S(C)(=O)=O)cc1. The maximum atomic E-state index is 11.3. The third-order valence-electron chi connectivity index (χ3n) is 2.48. The zero-order valence-electron chi connectivity index (χ0n) is 10.3. The zero-order valence-corrected chi connectivity index (χ0v) is 11.1. The first-order valence-corrected chi connectivity index (χ1v) is 7.46. The van der Waals surface area contributed by atoms with E-state index >= 15 is 0 Å². The van der Waals surface area contributed by atoms with Crippen LogP contribution in [0.5, 0.6) is 0 Å². The van der Waals surface area contributed by atoms with E-state index in [1.807, 2.05) is 0 Å². The smallest absolute Gasteiger partial charge is 0.175 e. The molecule has 0 heterocycles. The van der Waals surface area contributed by atoms with Gasteiger partial charge in [-0.1, -0.05) is 12.1 Å². The fourth-order valence-corrected chi connectivity index (χ4v) is 2.08. The first kappa shape index (κ1) is 14.7. The van der Waals surface area contributed by atoms with Crippen molar-refractivity contribution in [2.75, 3.05) is 19.3 Å². The van der Waals surface area contributed by atoms with Crippen molar-refractivity contribution >= 4 is 9.84 Å². The summed E-state index contributed by atoms with van der Waals surface area (Å²) in [6.45, 7) is 1.04. The predicted octanol–water partition coefficient (Wildman–Crippen LogP) is 0.736. The molecule has 18 heavy (non-hydrogen) atoms. The minimum Gasteiger partial charge on any atom is -0.387 e. The second kappa shape index (κ2) is 6.55. The average Bonchev–Trinajstić information content (AvgIpc) is 2.33. The van der Waals surface area contributed by atoms with Gasteiger partial charge in [0.2, 0.25) is 0 Å². The van der Waals surface area contributed by atoms with Crippen LogP contribution in [0.1, 0.15) is 18.1 Å².